The molecule has 0 aromatic heterocycles. The van der Waals surface area contributed by atoms with Crippen LogP contribution in [0.1, 0.15) is 25.3 Å². The van der Waals surface area contributed by atoms with Gasteiger partial charge in [0.1, 0.15) is 5.82 Å². The maximum atomic E-state index is 13.3. The van der Waals surface area contributed by atoms with Gasteiger partial charge in [-0.2, -0.15) is 0 Å². The van der Waals surface area contributed by atoms with Crippen LogP contribution in [0.3, 0.4) is 0 Å². The molecule has 0 aliphatic heterocycles. The van der Waals surface area contributed by atoms with Gasteiger partial charge >= 0.3 is 0 Å². The molecule has 1 saturated carbocycles. The molecule has 1 fully saturated rings. The Bertz CT molecular complexity index is 374. The summed E-state index contributed by atoms with van der Waals surface area (Å²) in [6.07, 6.45) is 3.42. The summed E-state index contributed by atoms with van der Waals surface area (Å²) in [5.41, 5.74) is 7.79. The molecule has 2 rings (SSSR count). The summed E-state index contributed by atoms with van der Waals surface area (Å²) in [5, 5.41) is 0. The van der Waals surface area contributed by atoms with Crippen molar-refractivity contribution in [3.05, 3.63) is 29.6 Å². The lowest BCUT2D eigenvalue weighted by Crippen LogP contribution is -2.26. The molecule has 2 N–H and O–H groups in total. The molecule has 17 heavy (non-hydrogen) atoms. The first-order valence-electron chi connectivity index (χ1n) is 6.48. The highest BCUT2D eigenvalue weighted by atomic mass is 19.1. The van der Waals surface area contributed by atoms with E-state index in [1.807, 2.05) is 6.07 Å². The fraction of sp³-hybridized carbons (Fsp3) is 0.571. The molecular formula is C14H21FN2. The average Bonchev–Trinajstić information content (AvgIpc) is 3.11. The highest BCUT2D eigenvalue weighted by molar-refractivity contribution is 5.54. The number of hydrogen-bond acceptors (Lipinski definition) is 2. The predicted octanol–water partition coefficient (Wildman–Crippen LogP) is 2.56. The first-order chi connectivity index (χ1) is 8.24. The van der Waals surface area contributed by atoms with E-state index < -0.39 is 0 Å². The van der Waals surface area contributed by atoms with Crippen LogP contribution in [0.4, 0.5) is 10.1 Å². The lowest BCUT2D eigenvalue weighted by Gasteiger charge is -2.25. The van der Waals surface area contributed by atoms with Gasteiger partial charge in [0.05, 0.1) is 0 Å². The van der Waals surface area contributed by atoms with E-state index >= 15 is 0 Å². The Morgan fingerprint density at radius 3 is 2.76 bits per heavy atom. The van der Waals surface area contributed by atoms with Crippen molar-refractivity contribution in [2.24, 2.45) is 11.7 Å². The predicted molar refractivity (Wildman–Crippen MR) is 69.8 cm³/mol. The normalized spacial score (nSPS) is 15.0. The lowest BCUT2D eigenvalue weighted by atomic mass is 10.1. The first kappa shape index (κ1) is 12.4. The summed E-state index contributed by atoms with van der Waals surface area (Å²) in [6.45, 7) is 4.79. The van der Waals surface area contributed by atoms with E-state index in [1.54, 1.807) is 12.1 Å². The molecule has 2 nitrogen and oxygen atoms in total. The molecule has 0 amide bonds. The Morgan fingerprint density at radius 2 is 2.18 bits per heavy atom. The van der Waals surface area contributed by atoms with Crippen molar-refractivity contribution in [2.75, 3.05) is 24.5 Å². The molecule has 94 valence electrons. The molecule has 0 unspecified atom stereocenters. The molecule has 1 aromatic rings. The van der Waals surface area contributed by atoms with E-state index in [0.717, 1.165) is 36.7 Å². The summed E-state index contributed by atoms with van der Waals surface area (Å²) in [5.74, 6) is 0.672. The van der Waals surface area contributed by atoms with Gasteiger partial charge in [0.2, 0.25) is 0 Å². The number of nitrogens with zero attached hydrogens (tertiary/aromatic N) is 1. The second kappa shape index (κ2) is 5.50. The summed E-state index contributed by atoms with van der Waals surface area (Å²) in [7, 11) is 0. The van der Waals surface area contributed by atoms with Crippen LogP contribution < -0.4 is 10.6 Å². The van der Waals surface area contributed by atoms with Crippen molar-refractivity contribution < 1.29 is 4.39 Å². The first-order valence-corrected chi connectivity index (χ1v) is 6.48. The van der Waals surface area contributed by atoms with Crippen LogP contribution in [-0.2, 0) is 6.42 Å². The van der Waals surface area contributed by atoms with Crippen molar-refractivity contribution >= 4 is 5.69 Å². The largest absolute Gasteiger partial charge is 0.371 e. The molecule has 0 spiro atoms. The molecular weight excluding hydrogens is 215 g/mol. The number of hydrogen-bond donors (Lipinski definition) is 1. The van der Waals surface area contributed by atoms with E-state index in [1.165, 1.54) is 12.8 Å². The fourth-order valence-electron chi connectivity index (χ4n) is 2.23. The minimum Gasteiger partial charge on any atom is -0.371 e. The van der Waals surface area contributed by atoms with Crippen LogP contribution in [0, 0.1) is 11.7 Å². The quantitative estimate of drug-likeness (QED) is 0.822. The monoisotopic (exact) mass is 236 g/mol. The van der Waals surface area contributed by atoms with Gasteiger partial charge < -0.3 is 10.6 Å². The summed E-state index contributed by atoms with van der Waals surface area (Å²) < 4.78 is 13.3. The Morgan fingerprint density at radius 1 is 1.41 bits per heavy atom. The van der Waals surface area contributed by atoms with Crippen molar-refractivity contribution in [3.8, 4) is 0 Å². The number of halogens is 1. The number of anilines is 1. The summed E-state index contributed by atoms with van der Waals surface area (Å²) in [4.78, 5) is 2.35. The highest BCUT2D eigenvalue weighted by Gasteiger charge is 2.24. The average molecular weight is 236 g/mol. The van der Waals surface area contributed by atoms with Gasteiger partial charge in [0, 0.05) is 18.8 Å². The third-order valence-corrected chi connectivity index (χ3v) is 3.35. The Labute approximate surface area is 103 Å². The Balaban J connectivity index is 2.20. The molecule has 0 heterocycles. The molecule has 3 heteroatoms. The fourth-order valence-corrected chi connectivity index (χ4v) is 2.23. The van der Waals surface area contributed by atoms with Gasteiger partial charge in [0.25, 0.3) is 0 Å². The third-order valence-electron chi connectivity index (χ3n) is 3.35. The molecule has 1 aromatic carbocycles. The molecule has 1 aliphatic carbocycles. The van der Waals surface area contributed by atoms with Gasteiger partial charge in [-0.05, 0) is 62.4 Å². The van der Waals surface area contributed by atoms with E-state index in [2.05, 4.69) is 11.8 Å². The summed E-state index contributed by atoms with van der Waals surface area (Å²) >= 11 is 0. The van der Waals surface area contributed by atoms with E-state index in [9.17, 15) is 4.39 Å². The molecule has 0 saturated heterocycles. The van der Waals surface area contributed by atoms with Crippen LogP contribution in [0.5, 0.6) is 0 Å². The smallest absolute Gasteiger partial charge is 0.123 e. The van der Waals surface area contributed by atoms with E-state index in [0.29, 0.717) is 6.54 Å². The number of benzene rings is 1. The highest BCUT2D eigenvalue weighted by Crippen LogP contribution is 2.32. The van der Waals surface area contributed by atoms with Crippen molar-refractivity contribution in [1.29, 1.82) is 0 Å². The molecule has 0 atom stereocenters. The summed E-state index contributed by atoms with van der Waals surface area (Å²) in [6, 6.07) is 5.06. The maximum absolute atomic E-state index is 13.3. The van der Waals surface area contributed by atoms with Gasteiger partial charge in [-0.25, -0.2) is 4.39 Å². The van der Waals surface area contributed by atoms with E-state index in [4.69, 9.17) is 5.73 Å². The van der Waals surface area contributed by atoms with E-state index in [-0.39, 0.29) is 5.82 Å². The minimum atomic E-state index is -0.167. The number of rotatable bonds is 6. The van der Waals surface area contributed by atoms with Crippen molar-refractivity contribution in [1.82, 2.24) is 0 Å². The van der Waals surface area contributed by atoms with Gasteiger partial charge in [0.15, 0.2) is 0 Å². The Kier molecular flexibility index (Phi) is 4.00. The van der Waals surface area contributed by atoms with Gasteiger partial charge in [-0.15, -0.1) is 0 Å². The molecule has 1 aliphatic rings. The van der Waals surface area contributed by atoms with Crippen LogP contribution in [-0.4, -0.2) is 19.6 Å². The second-order valence-electron chi connectivity index (χ2n) is 4.79. The molecule has 0 radical (unpaired) electrons. The second-order valence-corrected chi connectivity index (χ2v) is 4.79. The zero-order valence-corrected chi connectivity index (χ0v) is 10.5. The topological polar surface area (TPSA) is 29.3 Å². The zero-order valence-electron chi connectivity index (χ0n) is 10.5. The van der Waals surface area contributed by atoms with Crippen LogP contribution in [0.25, 0.3) is 0 Å². The zero-order chi connectivity index (χ0) is 12.3. The standard InChI is InChI=1S/C14H21FN2/c1-2-17(10-11-3-4-11)14-6-5-13(15)9-12(14)7-8-16/h5-6,9,11H,2-4,7-8,10,16H2,1H3. The maximum Gasteiger partial charge on any atom is 0.123 e. The third kappa shape index (κ3) is 3.19. The van der Waals surface area contributed by atoms with Gasteiger partial charge in [-0.1, -0.05) is 0 Å². The lowest BCUT2D eigenvalue weighted by molar-refractivity contribution is 0.624. The Hall–Kier alpha value is -1.09. The van der Waals surface area contributed by atoms with Crippen molar-refractivity contribution in [3.63, 3.8) is 0 Å². The van der Waals surface area contributed by atoms with Gasteiger partial charge in [-0.3, -0.25) is 0 Å². The van der Waals surface area contributed by atoms with Crippen molar-refractivity contribution in [2.45, 2.75) is 26.2 Å². The molecule has 0 bridgehead atoms. The van der Waals surface area contributed by atoms with Crippen LogP contribution in [0.2, 0.25) is 0 Å². The SMILES string of the molecule is CCN(CC1CC1)c1ccc(F)cc1CCN. The number of nitrogens with two attached hydrogens (primary N) is 1. The minimum absolute atomic E-state index is 0.167. The van der Waals surface area contributed by atoms with Crippen LogP contribution in [0.15, 0.2) is 18.2 Å². The van der Waals surface area contributed by atoms with Crippen LogP contribution >= 0.6 is 0 Å².